The first kappa shape index (κ1) is 23.2. The summed E-state index contributed by atoms with van der Waals surface area (Å²) in [7, 11) is 0. The molecule has 0 aliphatic heterocycles. The van der Waals surface area contributed by atoms with Gasteiger partial charge in [0.1, 0.15) is 16.6 Å². The lowest BCUT2D eigenvalue weighted by molar-refractivity contribution is -0.117. The fourth-order valence-corrected chi connectivity index (χ4v) is 5.88. The van der Waals surface area contributed by atoms with E-state index in [-0.39, 0.29) is 24.8 Å². The summed E-state index contributed by atoms with van der Waals surface area (Å²) >= 11 is 2.84. The van der Waals surface area contributed by atoms with Crippen molar-refractivity contribution in [1.29, 1.82) is 0 Å². The number of nitrogens with zero attached hydrogens (tertiary/aromatic N) is 7. The Morgan fingerprint density at radius 3 is 2.66 bits per heavy atom. The highest BCUT2D eigenvalue weighted by Crippen LogP contribution is 2.41. The van der Waals surface area contributed by atoms with Crippen molar-refractivity contribution in [2.45, 2.75) is 44.6 Å². The number of carbonyl (C=O) groups excluding carboxylic acids is 2. The van der Waals surface area contributed by atoms with Crippen LogP contribution in [0.3, 0.4) is 0 Å². The Hall–Kier alpha value is -3.58. The molecule has 0 spiro atoms. The van der Waals surface area contributed by atoms with Crippen LogP contribution in [-0.2, 0) is 29.0 Å². The molecule has 2 atom stereocenters. The van der Waals surface area contributed by atoms with Crippen molar-refractivity contribution in [3.63, 3.8) is 0 Å². The summed E-state index contributed by atoms with van der Waals surface area (Å²) in [5.74, 6) is 0.447. The SMILES string of the molecule is O=C(Cn1cccn1)Nc1nnc(CC2CCC(c3nnc(NC(=O)Cc4ccccn4)s3)C2)s1. The third kappa shape index (κ3) is 6.31. The van der Waals surface area contributed by atoms with E-state index >= 15 is 0 Å². The Morgan fingerprint density at radius 2 is 1.83 bits per heavy atom. The summed E-state index contributed by atoms with van der Waals surface area (Å²) in [6.07, 6.45) is 9.12. The van der Waals surface area contributed by atoms with Crippen molar-refractivity contribution in [3.05, 3.63) is 58.6 Å². The highest BCUT2D eigenvalue weighted by atomic mass is 32.1. The van der Waals surface area contributed by atoms with E-state index in [1.54, 1.807) is 29.3 Å². The quantitative estimate of drug-likeness (QED) is 0.351. The van der Waals surface area contributed by atoms with E-state index in [4.69, 9.17) is 0 Å². The van der Waals surface area contributed by atoms with E-state index in [1.807, 2.05) is 18.2 Å². The normalized spacial score (nSPS) is 17.4. The van der Waals surface area contributed by atoms with Crippen molar-refractivity contribution in [3.8, 4) is 0 Å². The lowest BCUT2D eigenvalue weighted by Crippen LogP contribution is -2.18. The lowest BCUT2D eigenvalue weighted by Gasteiger charge is -2.07. The number of hydrogen-bond acceptors (Lipinski definition) is 10. The molecule has 0 radical (unpaired) electrons. The maximum Gasteiger partial charge on any atom is 0.247 e. The first-order valence-corrected chi connectivity index (χ1v) is 12.9. The monoisotopic (exact) mass is 509 g/mol. The summed E-state index contributed by atoms with van der Waals surface area (Å²) in [5, 5.41) is 29.4. The van der Waals surface area contributed by atoms with Gasteiger partial charge in [-0.1, -0.05) is 28.7 Å². The number of amides is 2. The summed E-state index contributed by atoms with van der Waals surface area (Å²) in [4.78, 5) is 28.6. The Morgan fingerprint density at radius 1 is 0.971 bits per heavy atom. The van der Waals surface area contributed by atoms with E-state index in [2.05, 4.69) is 41.1 Å². The van der Waals surface area contributed by atoms with Crippen LogP contribution < -0.4 is 10.6 Å². The van der Waals surface area contributed by atoms with Crippen LogP contribution in [0.5, 0.6) is 0 Å². The second kappa shape index (κ2) is 10.8. The summed E-state index contributed by atoms with van der Waals surface area (Å²) in [6.45, 7) is 0.139. The van der Waals surface area contributed by atoms with Gasteiger partial charge >= 0.3 is 0 Å². The molecule has 0 saturated heterocycles. The molecule has 180 valence electrons. The van der Waals surface area contributed by atoms with Crippen molar-refractivity contribution in [2.75, 3.05) is 10.6 Å². The summed E-state index contributed by atoms with van der Waals surface area (Å²) in [6, 6.07) is 7.27. The number of anilines is 2. The first-order valence-electron chi connectivity index (χ1n) is 11.2. The van der Waals surface area contributed by atoms with Crippen LogP contribution in [0.4, 0.5) is 10.3 Å². The Bertz CT molecular complexity index is 1270. The predicted molar refractivity (Wildman–Crippen MR) is 131 cm³/mol. The fraction of sp³-hybridized carbons (Fsp3) is 0.364. The Balaban J connectivity index is 1.09. The van der Waals surface area contributed by atoms with Crippen LogP contribution in [0.15, 0.2) is 42.9 Å². The molecule has 1 saturated carbocycles. The van der Waals surface area contributed by atoms with Gasteiger partial charge in [-0.2, -0.15) is 5.10 Å². The molecule has 0 bridgehead atoms. The second-order valence-electron chi connectivity index (χ2n) is 8.32. The number of nitrogens with one attached hydrogen (secondary N) is 2. The molecular formula is C22H23N9O2S2. The summed E-state index contributed by atoms with van der Waals surface area (Å²) in [5.41, 5.74) is 0.714. The number of pyridine rings is 1. The van der Waals surface area contributed by atoms with Crippen LogP contribution in [-0.4, -0.2) is 47.0 Å². The van der Waals surface area contributed by atoms with Crippen molar-refractivity contribution >= 4 is 44.8 Å². The minimum atomic E-state index is -0.184. The molecule has 2 unspecified atom stereocenters. The second-order valence-corrected chi connectivity index (χ2v) is 10.4. The van der Waals surface area contributed by atoms with E-state index in [0.717, 1.165) is 35.7 Å². The number of hydrogen-bond donors (Lipinski definition) is 2. The van der Waals surface area contributed by atoms with Crippen LogP contribution in [0.2, 0.25) is 0 Å². The first-order chi connectivity index (χ1) is 17.1. The van der Waals surface area contributed by atoms with Gasteiger partial charge in [-0.05, 0) is 43.4 Å². The predicted octanol–water partition coefficient (Wildman–Crippen LogP) is 2.93. The highest BCUT2D eigenvalue weighted by Gasteiger charge is 2.29. The molecular weight excluding hydrogens is 486 g/mol. The topological polar surface area (TPSA) is 140 Å². The zero-order valence-electron chi connectivity index (χ0n) is 18.7. The van der Waals surface area contributed by atoms with Gasteiger partial charge in [0.15, 0.2) is 0 Å². The van der Waals surface area contributed by atoms with Gasteiger partial charge in [-0.3, -0.25) is 24.6 Å². The van der Waals surface area contributed by atoms with Crippen molar-refractivity contribution in [1.82, 2.24) is 35.2 Å². The molecule has 4 heterocycles. The molecule has 4 aromatic heterocycles. The van der Waals surface area contributed by atoms with E-state index in [9.17, 15) is 9.59 Å². The Kier molecular flexibility index (Phi) is 7.14. The molecule has 2 N–H and O–H groups in total. The molecule has 1 aliphatic rings. The zero-order chi connectivity index (χ0) is 24.0. The van der Waals surface area contributed by atoms with Gasteiger partial charge in [0.05, 0.1) is 6.42 Å². The standard InChI is InChI=1S/C22H23N9O2S2/c32-17(12-16-4-1-2-7-23-16)25-22-30-28-20(35-22)15-6-5-14(10-15)11-19-27-29-21(34-19)26-18(33)13-31-9-3-8-24-31/h1-4,7-9,14-15H,5-6,10-13H2,(H,25,30,32)(H,26,29,33). The molecule has 2 amide bonds. The minimum Gasteiger partial charge on any atom is -0.300 e. The van der Waals surface area contributed by atoms with Crippen molar-refractivity contribution in [2.24, 2.45) is 5.92 Å². The molecule has 11 nitrogen and oxygen atoms in total. The number of rotatable bonds is 9. The van der Waals surface area contributed by atoms with Gasteiger partial charge in [-0.25, -0.2) is 0 Å². The maximum atomic E-state index is 12.3. The summed E-state index contributed by atoms with van der Waals surface area (Å²) < 4.78 is 1.56. The Labute approximate surface area is 209 Å². The highest BCUT2D eigenvalue weighted by molar-refractivity contribution is 7.15. The van der Waals surface area contributed by atoms with Gasteiger partial charge in [0, 0.05) is 36.6 Å². The third-order valence-corrected chi connectivity index (χ3v) is 7.55. The number of aromatic nitrogens is 7. The van der Waals surface area contributed by atoms with Crippen LogP contribution >= 0.6 is 22.7 Å². The van der Waals surface area contributed by atoms with Crippen LogP contribution in [0, 0.1) is 5.92 Å². The van der Waals surface area contributed by atoms with Gasteiger partial charge < -0.3 is 5.32 Å². The number of carbonyl (C=O) groups is 2. The molecule has 35 heavy (non-hydrogen) atoms. The van der Waals surface area contributed by atoms with E-state index in [0.29, 0.717) is 27.8 Å². The van der Waals surface area contributed by atoms with E-state index in [1.165, 1.54) is 22.7 Å². The van der Waals surface area contributed by atoms with Crippen LogP contribution in [0.25, 0.3) is 0 Å². The molecule has 13 heteroatoms. The maximum absolute atomic E-state index is 12.3. The molecule has 4 aromatic rings. The molecule has 1 aliphatic carbocycles. The largest absolute Gasteiger partial charge is 0.300 e. The van der Waals surface area contributed by atoms with Gasteiger partial charge in [0.25, 0.3) is 0 Å². The van der Waals surface area contributed by atoms with Crippen molar-refractivity contribution < 1.29 is 9.59 Å². The molecule has 0 aromatic carbocycles. The minimum absolute atomic E-state index is 0.139. The van der Waals surface area contributed by atoms with E-state index < -0.39 is 0 Å². The van der Waals surface area contributed by atoms with Crippen LogP contribution in [0.1, 0.15) is 40.9 Å². The zero-order valence-corrected chi connectivity index (χ0v) is 20.3. The third-order valence-electron chi connectivity index (χ3n) is 5.69. The average molecular weight is 510 g/mol. The van der Waals surface area contributed by atoms with Gasteiger partial charge in [0.2, 0.25) is 22.1 Å². The van der Waals surface area contributed by atoms with Gasteiger partial charge in [-0.15, -0.1) is 20.4 Å². The lowest BCUT2D eigenvalue weighted by atomic mass is 10.0. The average Bonchev–Trinajstić information content (AvgIpc) is 3.64. The molecule has 5 rings (SSSR count). The molecule has 1 fully saturated rings. The smallest absolute Gasteiger partial charge is 0.247 e. The fourth-order valence-electron chi connectivity index (χ4n) is 4.10.